The van der Waals surface area contributed by atoms with Crippen LogP contribution in [0.15, 0.2) is 70.0 Å². The Balaban J connectivity index is 1.69. The topological polar surface area (TPSA) is 97.6 Å². The van der Waals surface area contributed by atoms with Crippen LogP contribution < -0.4 is 10.0 Å². The Hall–Kier alpha value is -2.65. The zero-order chi connectivity index (χ0) is 21.7. The van der Waals surface area contributed by atoms with Crippen LogP contribution in [0.5, 0.6) is 0 Å². The largest absolute Gasteiger partial charge is 0.451 e. The highest BCUT2D eigenvalue weighted by atomic mass is 35.5. The Bertz CT molecular complexity index is 1130. The highest BCUT2D eigenvalue weighted by Crippen LogP contribution is 2.29. The van der Waals surface area contributed by atoms with Gasteiger partial charge in [0.2, 0.25) is 10.0 Å². The first-order chi connectivity index (χ1) is 14.3. The van der Waals surface area contributed by atoms with Crippen LogP contribution in [0.3, 0.4) is 0 Å². The second-order valence-electron chi connectivity index (χ2n) is 6.60. The minimum Gasteiger partial charge on any atom is -0.451 e. The zero-order valence-electron chi connectivity index (χ0n) is 16.4. The summed E-state index contributed by atoms with van der Waals surface area (Å²) in [6.07, 6.45) is 0. The fraction of sp³-hybridized carbons (Fsp3) is 0.190. The number of carbonyl (C=O) groups excluding carboxylic acids is 1. The third-order valence-electron chi connectivity index (χ3n) is 4.16. The van der Waals surface area contributed by atoms with E-state index in [0.717, 1.165) is 0 Å². The molecule has 0 bridgehead atoms. The number of methoxy groups -OCH3 is 1. The third kappa shape index (κ3) is 5.28. The summed E-state index contributed by atoms with van der Waals surface area (Å²) in [5.74, 6) is 0.121. The van der Waals surface area contributed by atoms with E-state index in [4.69, 9.17) is 20.8 Å². The molecule has 0 saturated heterocycles. The van der Waals surface area contributed by atoms with Crippen molar-refractivity contribution in [2.45, 2.75) is 17.9 Å². The Kier molecular flexibility index (Phi) is 6.94. The van der Waals surface area contributed by atoms with Gasteiger partial charge in [-0.15, -0.1) is 0 Å². The van der Waals surface area contributed by atoms with Gasteiger partial charge in [0.05, 0.1) is 16.5 Å². The average Bonchev–Trinajstić information content (AvgIpc) is 3.18. The van der Waals surface area contributed by atoms with E-state index in [2.05, 4.69) is 10.0 Å². The van der Waals surface area contributed by atoms with Crippen molar-refractivity contribution >= 4 is 33.2 Å². The molecule has 158 valence electrons. The number of furan rings is 1. The molecule has 1 aromatic heterocycles. The number of nitrogens with one attached hydrogen (secondary N) is 2. The van der Waals surface area contributed by atoms with Gasteiger partial charge in [-0.25, -0.2) is 13.1 Å². The first-order valence-corrected chi connectivity index (χ1v) is 10.9. The molecule has 7 nitrogen and oxygen atoms in total. The highest BCUT2D eigenvalue weighted by Gasteiger charge is 2.18. The van der Waals surface area contributed by atoms with Crippen molar-refractivity contribution < 1.29 is 22.4 Å². The number of hydrogen-bond acceptors (Lipinski definition) is 5. The van der Waals surface area contributed by atoms with Crippen molar-refractivity contribution in [1.29, 1.82) is 0 Å². The molecule has 0 saturated carbocycles. The molecule has 1 atom stereocenters. The summed E-state index contributed by atoms with van der Waals surface area (Å²) in [5.41, 5.74) is 1.11. The van der Waals surface area contributed by atoms with E-state index in [1.165, 1.54) is 31.4 Å². The number of amides is 1. The monoisotopic (exact) mass is 448 g/mol. The fourth-order valence-corrected chi connectivity index (χ4v) is 4.25. The highest BCUT2D eigenvalue weighted by molar-refractivity contribution is 7.89. The molecule has 0 aliphatic heterocycles. The van der Waals surface area contributed by atoms with Crippen LogP contribution in [-0.2, 0) is 14.8 Å². The smallest absolute Gasteiger partial charge is 0.291 e. The van der Waals surface area contributed by atoms with E-state index in [-0.39, 0.29) is 23.3 Å². The van der Waals surface area contributed by atoms with Gasteiger partial charge in [0.15, 0.2) is 5.76 Å². The maximum atomic E-state index is 12.5. The molecule has 9 heteroatoms. The maximum Gasteiger partial charge on any atom is 0.291 e. The third-order valence-corrected chi connectivity index (χ3v) is 6.10. The standard InChI is InChI=1S/C21H21ClN2O5S/c1-14(13-28-2)24-30(26,27)16-9-7-15(8-10-16)23-21(25)20-12-11-19(29-20)17-5-3-4-6-18(17)22/h3-12,14,24H,13H2,1-2H3,(H,23,25). The number of anilines is 1. The number of carbonyl (C=O) groups is 1. The Morgan fingerprint density at radius 2 is 1.80 bits per heavy atom. The summed E-state index contributed by atoms with van der Waals surface area (Å²) in [6, 6.07) is 15.8. The molecule has 3 aromatic rings. The van der Waals surface area contributed by atoms with Crippen molar-refractivity contribution in [3.63, 3.8) is 0 Å². The predicted molar refractivity (Wildman–Crippen MR) is 115 cm³/mol. The van der Waals surface area contributed by atoms with Gasteiger partial charge in [-0.2, -0.15) is 0 Å². The van der Waals surface area contributed by atoms with Gasteiger partial charge in [-0.3, -0.25) is 4.79 Å². The first kappa shape index (κ1) is 22.0. The van der Waals surface area contributed by atoms with Crippen molar-refractivity contribution in [1.82, 2.24) is 4.72 Å². The molecule has 2 aromatic carbocycles. The second kappa shape index (κ2) is 9.44. The van der Waals surface area contributed by atoms with E-state index >= 15 is 0 Å². The molecule has 1 amide bonds. The fourth-order valence-electron chi connectivity index (χ4n) is 2.79. The van der Waals surface area contributed by atoms with E-state index in [1.54, 1.807) is 37.3 Å². The van der Waals surface area contributed by atoms with E-state index < -0.39 is 15.9 Å². The molecule has 0 spiro atoms. The molecule has 0 aliphatic rings. The van der Waals surface area contributed by atoms with Crippen LogP contribution in [-0.4, -0.2) is 34.1 Å². The number of rotatable bonds is 8. The van der Waals surface area contributed by atoms with Crippen LogP contribution in [0.4, 0.5) is 5.69 Å². The molecule has 30 heavy (non-hydrogen) atoms. The number of sulfonamides is 1. The lowest BCUT2D eigenvalue weighted by Crippen LogP contribution is -2.35. The predicted octanol–water partition coefficient (Wildman–Crippen LogP) is 4.17. The Labute approximate surface area is 180 Å². The zero-order valence-corrected chi connectivity index (χ0v) is 18.0. The van der Waals surface area contributed by atoms with Gasteiger partial charge in [0, 0.05) is 24.4 Å². The van der Waals surface area contributed by atoms with Gasteiger partial charge >= 0.3 is 0 Å². The lowest BCUT2D eigenvalue weighted by atomic mass is 10.2. The number of halogens is 1. The molecule has 2 N–H and O–H groups in total. The molecule has 0 aliphatic carbocycles. The summed E-state index contributed by atoms with van der Waals surface area (Å²) in [4.78, 5) is 12.5. The van der Waals surface area contributed by atoms with E-state index in [1.807, 2.05) is 6.07 Å². The minimum atomic E-state index is -3.68. The molecular weight excluding hydrogens is 428 g/mol. The average molecular weight is 449 g/mol. The molecule has 1 heterocycles. The SMILES string of the molecule is COCC(C)NS(=O)(=O)c1ccc(NC(=O)c2ccc(-c3ccccc3Cl)o2)cc1. The van der Waals surface area contributed by atoms with E-state index in [9.17, 15) is 13.2 Å². The quantitative estimate of drug-likeness (QED) is 0.539. The van der Waals surface area contributed by atoms with Gasteiger partial charge < -0.3 is 14.5 Å². The lowest BCUT2D eigenvalue weighted by molar-refractivity contribution is 0.0997. The van der Waals surface area contributed by atoms with Gasteiger partial charge in [-0.05, 0) is 55.5 Å². The first-order valence-electron chi connectivity index (χ1n) is 9.07. The second-order valence-corrected chi connectivity index (χ2v) is 8.72. The lowest BCUT2D eigenvalue weighted by Gasteiger charge is -2.13. The normalized spacial score (nSPS) is 12.5. The summed E-state index contributed by atoms with van der Waals surface area (Å²) >= 11 is 6.16. The Morgan fingerprint density at radius 3 is 2.47 bits per heavy atom. The summed E-state index contributed by atoms with van der Waals surface area (Å²) in [7, 11) is -2.19. The minimum absolute atomic E-state index is 0.0856. The van der Waals surface area contributed by atoms with Crippen LogP contribution in [0.1, 0.15) is 17.5 Å². The van der Waals surface area contributed by atoms with Crippen molar-refractivity contribution in [3.05, 3.63) is 71.4 Å². The summed E-state index contributed by atoms with van der Waals surface area (Å²) in [5, 5.41) is 3.19. The number of benzene rings is 2. The summed E-state index contributed by atoms with van der Waals surface area (Å²) < 4.78 is 37.8. The molecule has 1 unspecified atom stereocenters. The summed E-state index contributed by atoms with van der Waals surface area (Å²) in [6.45, 7) is 1.96. The number of hydrogen-bond donors (Lipinski definition) is 2. The number of ether oxygens (including phenoxy) is 1. The van der Waals surface area contributed by atoms with Crippen molar-refractivity contribution in [2.24, 2.45) is 0 Å². The maximum absolute atomic E-state index is 12.5. The van der Waals surface area contributed by atoms with Crippen LogP contribution >= 0.6 is 11.6 Å². The van der Waals surface area contributed by atoms with Crippen LogP contribution in [0.25, 0.3) is 11.3 Å². The van der Waals surface area contributed by atoms with Crippen LogP contribution in [0.2, 0.25) is 5.02 Å². The molecule has 3 rings (SSSR count). The van der Waals surface area contributed by atoms with E-state index in [0.29, 0.717) is 22.0 Å². The molecular formula is C21H21ClN2O5S. The molecule has 0 radical (unpaired) electrons. The molecule has 0 fully saturated rings. The van der Waals surface area contributed by atoms with Gasteiger partial charge in [-0.1, -0.05) is 23.7 Å². The van der Waals surface area contributed by atoms with Gasteiger partial charge in [0.1, 0.15) is 5.76 Å². The van der Waals surface area contributed by atoms with Crippen molar-refractivity contribution in [3.8, 4) is 11.3 Å². The Morgan fingerprint density at radius 1 is 1.10 bits per heavy atom. The van der Waals surface area contributed by atoms with Gasteiger partial charge in [0.25, 0.3) is 5.91 Å². The van der Waals surface area contributed by atoms with Crippen LogP contribution in [0, 0.1) is 0 Å². The van der Waals surface area contributed by atoms with Crippen molar-refractivity contribution in [2.75, 3.05) is 19.0 Å².